The van der Waals surface area contributed by atoms with Crippen LogP contribution in [0.4, 0.5) is 0 Å². The monoisotopic (exact) mass is 301 g/mol. The van der Waals surface area contributed by atoms with Crippen molar-refractivity contribution >= 4 is 29.3 Å². The molecule has 5 heteroatoms. The van der Waals surface area contributed by atoms with Crippen LogP contribution in [0.15, 0.2) is 23.1 Å². The van der Waals surface area contributed by atoms with Gasteiger partial charge < -0.3 is 10.5 Å². The van der Waals surface area contributed by atoms with Crippen molar-refractivity contribution < 1.29 is 9.53 Å². The second kappa shape index (κ2) is 6.64. The molecule has 0 saturated carbocycles. The topological polar surface area (TPSA) is 52.3 Å². The summed E-state index contributed by atoms with van der Waals surface area (Å²) in [6, 6.07) is 5.02. The Kier molecular flexibility index (Phi) is 5.71. The van der Waals surface area contributed by atoms with Crippen LogP contribution in [0.1, 0.15) is 26.3 Å². The number of thioether (sulfide) groups is 1. The molecule has 0 aliphatic carbocycles. The standard InChI is InChI=1S/C14H20ClNO2S/c1-14(2,3)18-13(17)12(16)7-9-5-10(15)8-11(6-9)19-4/h5-6,8,12H,7,16H2,1-4H3. The molecule has 0 amide bonds. The number of benzene rings is 1. The van der Waals surface area contributed by atoms with E-state index < -0.39 is 17.6 Å². The Labute approximate surface area is 123 Å². The largest absolute Gasteiger partial charge is 0.459 e. The lowest BCUT2D eigenvalue weighted by molar-refractivity contribution is -0.156. The zero-order chi connectivity index (χ0) is 14.6. The third-order valence-corrected chi connectivity index (χ3v) is 3.26. The number of ether oxygens (including phenoxy) is 1. The number of hydrogen-bond donors (Lipinski definition) is 1. The Morgan fingerprint density at radius 3 is 2.58 bits per heavy atom. The lowest BCUT2D eigenvalue weighted by Crippen LogP contribution is -2.38. The molecule has 0 radical (unpaired) electrons. The molecule has 3 nitrogen and oxygen atoms in total. The molecule has 1 aromatic carbocycles. The van der Waals surface area contributed by atoms with Gasteiger partial charge in [-0.2, -0.15) is 0 Å². The predicted octanol–water partition coefficient (Wildman–Crippen LogP) is 3.27. The van der Waals surface area contributed by atoms with Crippen molar-refractivity contribution in [3.63, 3.8) is 0 Å². The third-order valence-electron chi connectivity index (χ3n) is 2.33. The molecule has 106 valence electrons. The highest BCUT2D eigenvalue weighted by Gasteiger charge is 2.22. The third kappa shape index (κ3) is 5.85. The molecule has 1 rings (SSSR count). The summed E-state index contributed by atoms with van der Waals surface area (Å²) < 4.78 is 5.26. The highest BCUT2D eigenvalue weighted by Crippen LogP contribution is 2.23. The van der Waals surface area contributed by atoms with Gasteiger partial charge in [0.1, 0.15) is 11.6 Å². The summed E-state index contributed by atoms with van der Waals surface area (Å²) in [6.45, 7) is 5.47. The van der Waals surface area contributed by atoms with E-state index in [1.54, 1.807) is 11.8 Å². The molecule has 0 saturated heterocycles. The van der Waals surface area contributed by atoms with Crippen molar-refractivity contribution in [1.82, 2.24) is 0 Å². The molecule has 2 N–H and O–H groups in total. The fraction of sp³-hybridized carbons (Fsp3) is 0.500. The normalized spacial score (nSPS) is 13.2. The summed E-state index contributed by atoms with van der Waals surface area (Å²) in [6.07, 6.45) is 2.40. The van der Waals surface area contributed by atoms with E-state index in [1.807, 2.05) is 45.2 Å². The van der Waals surface area contributed by atoms with Gasteiger partial charge in [0.25, 0.3) is 0 Å². The average Bonchev–Trinajstić information content (AvgIpc) is 2.25. The Hall–Kier alpha value is -0.710. The molecule has 1 aromatic rings. The van der Waals surface area contributed by atoms with Crippen LogP contribution in [0, 0.1) is 0 Å². The summed E-state index contributed by atoms with van der Waals surface area (Å²) in [7, 11) is 0. The van der Waals surface area contributed by atoms with Gasteiger partial charge in [0.05, 0.1) is 0 Å². The maximum absolute atomic E-state index is 11.8. The minimum absolute atomic E-state index is 0.391. The molecular formula is C14H20ClNO2S. The Morgan fingerprint density at radius 2 is 2.05 bits per heavy atom. The first-order valence-corrected chi connectivity index (χ1v) is 7.63. The number of hydrogen-bond acceptors (Lipinski definition) is 4. The zero-order valence-corrected chi connectivity index (χ0v) is 13.3. The van der Waals surface area contributed by atoms with Crippen molar-refractivity contribution in [3.8, 4) is 0 Å². The van der Waals surface area contributed by atoms with Gasteiger partial charge in [0.2, 0.25) is 0 Å². The fourth-order valence-corrected chi connectivity index (χ4v) is 2.41. The SMILES string of the molecule is CSc1cc(Cl)cc(CC(N)C(=O)OC(C)(C)C)c1. The van der Waals surface area contributed by atoms with Crippen LogP contribution >= 0.6 is 23.4 Å². The number of halogens is 1. The number of carbonyl (C=O) groups excluding carboxylic acids is 1. The lowest BCUT2D eigenvalue weighted by Gasteiger charge is -2.22. The van der Waals surface area contributed by atoms with Crippen molar-refractivity contribution in [2.45, 2.75) is 43.7 Å². The minimum Gasteiger partial charge on any atom is -0.459 e. The molecule has 19 heavy (non-hydrogen) atoms. The first-order chi connectivity index (χ1) is 8.71. The molecule has 0 spiro atoms. The maximum Gasteiger partial charge on any atom is 0.323 e. The van der Waals surface area contributed by atoms with E-state index in [2.05, 4.69) is 0 Å². The summed E-state index contributed by atoms with van der Waals surface area (Å²) in [5.74, 6) is -0.391. The first kappa shape index (κ1) is 16.3. The van der Waals surface area contributed by atoms with E-state index in [1.165, 1.54) is 0 Å². The van der Waals surface area contributed by atoms with Gasteiger partial charge in [-0.05, 0) is 57.2 Å². The van der Waals surface area contributed by atoms with Crippen LogP contribution in [-0.4, -0.2) is 23.9 Å². The molecular weight excluding hydrogens is 282 g/mol. The molecule has 0 aliphatic heterocycles. The van der Waals surface area contributed by atoms with E-state index in [0.29, 0.717) is 11.4 Å². The second-order valence-corrected chi connectivity index (χ2v) is 6.66. The van der Waals surface area contributed by atoms with E-state index >= 15 is 0 Å². The number of carbonyl (C=O) groups is 1. The Bertz CT molecular complexity index is 457. The van der Waals surface area contributed by atoms with E-state index in [4.69, 9.17) is 22.1 Å². The van der Waals surface area contributed by atoms with Crippen LogP contribution in [0.3, 0.4) is 0 Å². The highest BCUT2D eigenvalue weighted by atomic mass is 35.5. The molecule has 0 heterocycles. The fourth-order valence-electron chi connectivity index (χ4n) is 1.57. The van der Waals surface area contributed by atoms with Crippen molar-refractivity contribution in [2.75, 3.05) is 6.26 Å². The zero-order valence-electron chi connectivity index (χ0n) is 11.7. The molecule has 1 atom stereocenters. The van der Waals surface area contributed by atoms with Crippen molar-refractivity contribution in [2.24, 2.45) is 5.73 Å². The van der Waals surface area contributed by atoms with Gasteiger partial charge in [-0.25, -0.2) is 0 Å². The van der Waals surface area contributed by atoms with Gasteiger partial charge >= 0.3 is 5.97 Å². The van der Waals surface area contributed by atoms with Crippen molar-refractivity contribution in [3.05, 3.63) is 28.8 Å². The molecule has 0 bridgehead atoms. The van der Waals surface area contributed by atoms with Crippen LogP contribution in [0.25, 0.3) is 0 Å². The summed E-state index contributed by atoms with van der Waals surface area (Å²) in [4.78, 5) is 12.9. The minimum atomic E-state index is -0.674. The van der Waals surface area contributed by atoms with E-state index in [9.17, 15) is 4.79 Å². The van der Waals surface area contributed by atoms with Crippen LogP contribution in [-0.2, 0) is 16.0 Å². The average molecular weight is 302 g/mol. The highest BCUT2D eigenvalue weighted by molar-refractivity contribution is 7.98. The predicted molar refractivity (Wildman–Crippen MR) is 80.8 cm³/mol. The van der Waals surface area contributed by atoms with Crippen LogP contribution in [0.2, 0.25) is 5.02 Å². The van der Waals surface area contributed by atoms with Crippen LogP contribution in [0.5, 0.6) is 0 Å². The second-order valence-electron chi connectivity index (χ2n) is 5.34. The van der Waals surface area contributed by atoms with Gasteiger partial charge in [0, 0.05) is 9.92 Å². The summed E-state index contributed by atoms with van der Waals surface area (Å²) in [5.41, 5.74) is 6.29. The lowest BCUT2D eigenvalue weighted by atomic mass is 10.1. The maximum atomic E-state index is 11.8. The number of rotatable bonds is 4. The number of nitrogens with two attached hydrogens (primary N) is 1. The molecule has 0 aromatic heterocycles. The molecule has 0 aliphatic rings. The Morgan fingerprint density at radius 1 is 1.42 bits per heavy atom. The van der Waals surface area contributed by atoms with Gasteiger partial charge in [-0.15, -0.1) is 11.8 Å². The quantitative estimate of drug-likeness (QED) is 0.685. The smallest absolute Gasteiger partial charge is 0.323 e. The molecule has 0 fully saturated rings. The van der Waals surface area contributed by atoms with Crippen molar-refractivity contribution in [1.29, 1.82) is 0 Å². The summed E-state index contributed by atoms with van der Waals surface area (Å²) >= 11 is 7.63. The molecule has 1 unspecified atom stereocenters. The van der Waals surface area contributed by atoms with E-state index in [-0.39, 0.29) is 0 Å². The van der Waals surface area contributed by atoms with E-state index in [0.717, 1.165) is 10.5 Å². The van der Waals surface area contributed by atoms with Gasteiger partial charge in [-0.3, -0.25) is 4.79 Å². The van der Waals surface area contributed by atoms with Gasteiger partial charge in [-0.1, -0.05) is 11.6 Å². The first-order valence-electron chi connectivity index (χ1n) is 6.03. The number of esters is 1. The van der Waals surface area contributed by atoms with Crippen LogP contribution < -0.4 is 5.73 Å². The summed E-state index contributed by atoms with van der Waals surface area (Å²) in [5, 5.41) is 0.651. The Balaban J connectivity index is 2.74. The van der Waals surface area contributed by atoms with Gasteiger partial charge in [0.15, 0.2) is 0 Å².